The van der Waals surface area contributed by atoms with Crippen LogP contribution in [-0.2, 0) is 0 Å². The minimum atomic E-state index is -0.225. The number of nitrogens with zero attached hydrogens (tertiary/aromatic N) is 1. The number of hydrogen-bond acceptors (Lipinski definition) is 3. The minimum Gasteiger partial charge on any atom is -0.497 e. The third kappa shape index (κ3) is 3.63. The number of methoxy groups -OCH3 is 1. The second-order valence-corrected chi connectivity index (χ2v) is 4.53. The zero-order valence-corrected chi connectivity index (χ0v) is 11.8. The van der Waals surface area contributed by atoms with E-state index >= 15 is 0 Å². The first-order chi connectivity index (χ1) is 9.70. The summed E-state index contributed by atoms with van der Waals surface area (Å²) in [6.07, 6.45) is 0. The van der Waals surface area contributed by atoms with Gasteiger partial charge in [-0.15, -0.1) is 0 Å². The molecule has 0 saturated heterocycles. The molecule has 0 aliphatic rings. The number of hydrogen-bond donors (Lipinski definition) is 1. The van der Waals surface area contributed by atoms with Gasteiger partial charge < -0.3 is 15.0 Å². The van der Waals surface area contributed by atoms with Crippen LogP contribution in [0.25, 0.3) is 0 Å². The van der Waals surface area contributed by atoms with E-state index in [4.69, 9.17) is 4.74 Å². The van der Waals surface area contributed by atoms with Crippen LogP contribution in [0.3, 0.4) is 0 Å². The van der Waals surface area contributed by atoms with Gasteiger partial charge in [-0.3, -0.25) is 0 Å². The van der Waals surface area contributed by atoms with E-state index in [9.17, 15) is 4.39 Å². The Hall–Kier alpha value is -2.23. The summed E-state index contributed by atoms with van der Waals surface area (Å²) in [5.41, 5.74) is 1.60. The summed E-state index contributed by atoms with van der Waals surface area (Å²) in [4.78, 5) is 2.09. The van der Waals surface area contributed by atoms with Crippen molar-refractivity contribution in [1.82, 2.24) is 0 Å². The highest BCUT2D eigenvalue weighted by Crippen LogP contribution is 2.19. The Balaban J connectivity index is 1.89. The Morgan fingerprint density at radius 2 is 1.95 bits per heavy atom. The largest absolute Gasteiger partial charge is 0.497 e. The molecule has 0 aliphatic carbocycles. The van der Waals surface area contributed by atoms with Gasteiger partial charge in [-0.2, -0.15) is 0 Å². The maximum atomic E-state index is 13.4. The van der Waals surface area contributed by atoms with Gasteiger partial charge in [0.05, 0.1) is 12.8 Å². The van der Waals surface area contributed by atoms with Crippen molar-refractivity contribution in [3.63, 3.8) is 0 Å². The predicted molar refractivity (Wildman–Crippen MR) is 81.2 cm³/mol. The fourth-order valence-electron chi connectivity index (χ4n) is 1.94. The molecule has 106 valence electrons. The first-order valence-electron chi connectivity index (χ1n) is 6.54. The molecule has 0 fully saturated rings. The van der Waals surface area contributed by atoms with Gasteiger partial charge in [0.2, 0.25) is 0 Å². The molecule has 20 heavy (non-hydrogen) atoms. The van der Waals surface area contributed by atoms with Crippen molar-refractivity contribution >= 4 is 11.4 Å². The van der Waals surface area contributed by atoms with E-state index in [0.717, 1.165) is 18.0 Å². The lowest BCUT2D eigenvalue weighted by molar-refractivity contribution is 0.415. The van der Waals surface area contributed by atoms with Crippen LogP contribution < -0.4 is 15.0 Å². The number of likely N-dealkylation sites (N-methyl/N-ethyl adjacent to an activating group) is 1. The normalized spacial score (nSPS) is 10.2. The molecule has 0 spiro atoms. The second-order valence-electron chi connectivity index (χ2n) is 4.53. The van der Waals surface area contributed by atoms with Crippen LogP contribution in [0.15, 0.2) is 48.5 Å². The molecule has 1 N–H and O–H groups in total. The molecule has 0 atom stereocenters. The molecule has 3 nitrogen and oxygen atoms in total. The van der Waals surface area contributed by atoms with Gasteiger partial charge in [0, 0.05) is 31.9 Å². The highest BCUT2D eigenvalue weighted by Gasteiger charge is 2.03. The smallest absolute Gasteiger partial charge is 0.146 e. The standard InChI is InChI=1S/C16H19FN2O/c1-19(13-6-5-7-14(12-13)20-2)11-10-18-16-9-4-3-8-15(16)17/h3-9,12,18H,10-11H2,1-2H3. The van der Waals surface area contributed by atoms with Gasteiger partial charge in [-0.25, -0.2) is 4.39 Å². The number of anilines is 2. The molecular formula is C16H19FN2O. The van der Waals surface area contributed by atoms with Gasteiger partial charge >= 0.3 is 0 Å². The Morgan fingerprint density at radius 1 is 1.15 bits per heavy atom. The van der Waals surface area contributed by atoms with E-state index in [1.807, 2.05) is 37.4 Å². The van der Waals surface area contributed by atoms with Crippen molar-refractivity contribution in [2.24, 2.45) is 0 Å². The lowest BCUT2D eigenvalue weighted by atomic mass is 10.2. The zero-order valence-electron chi connectivity index (χ0n) is 11.8. The van der Waals surface area contributed by atoms with Gasteiger partial charge in [0.1, 0.15) is 11.6 Å². The van der Waals surface area contributed by atoms with Crippen molar-refractivity contribution in [2.75, 3.05) is 37.5 Å². The number of halogens is 1. The molecule has 4 heteroatoms. The molecule has 0 aliphatic heterocycles. The maximum Gasteiger partial charge on any atom is 0.146 e. The molecule has 2 aromatic carbocycles. The van der Waals surface area contributed by atoms with Crippen molar-refractivity contribution in [1.29, 1.82) is 0 Å². The Morgan fingerprint density at radius 3 is 2.70 bits per heavy atom. The Bertz CT molecular complexity index is 560. The molecule has 0 saturated carbocycles. The Labute approximate surface area is 119 Å². The predicted octanol–water partition coefficient (Wildman–Crippen LogP) is 3.38. The summed E-state index contributed by atoms with van der Waals surface area (Å²) in [5, 5.41) is 3.09. The lowest BCUT2D eigenvalue weighted by Crippen LogP contribution is -2.24. The van der Waals surface area contributed by atoms with E-state index in [1.165, 1.54) is 6.07 Å². The van der Waals surface area contributed by atoms with Gasteiger partial charge in [0.15, 0.2) is 0 Å². The molecule has 2 aromatic rings. The van der Waals surface area contributed by atoms with Gasteiger partial charge in [0.25, 0.3) is 0 Å². The minimum absolute atomic E-state index is 0.225. The van der Waals surface area contributed by atoms with Crippen molar-refractivity contribution < 1.29 is 9.13 Å². The fourth-order valence-corrected chi connectivity index (χ4v) is 1.94. The highest BCUT2D eigenvalue weighted by atomic mass is 19.1. The lowest BCUT2D eigenvalue weighted by Gasteiger charge is -2.20. The molecule has 0 amide bonds. The topological polar surface area (TPSA) is 24.5 Å². The molecule has 0 unspecified atom stereocenters. The second kappa shape index (κ2) is 6.80. The van der Waals surface area contributed by atoms with E-state index < -0.39 is 0 Å². The van der Waals surface area contributed by atoms with Crippen molar-refractivity contribution in [3.05, 3.63) is 54.3 Å². The number of nitrogens with one attached hydrogen (secondary N) is 1. The van der Waals surface area contributed by atoms with Gasteiger partial charge in [-0.05, 0) is 24.3 Å². The first kappa shape index (κ1) is 14.2. The number of benzene rings is 2. The average Bonchev–Trinajstić information content (AvgIpc) is 2.49. The van der Waals surface area contributed by atoms with E-state index in [-0.39, 0.29) is 5.82 Å². The van der Waals surface area contributed by atoms with E-state index in [2.05, 4.69) is 10.2 Å². The van der Waals surface area contributed by atoms with Crippen molar-refractivity contribution in [2.45, 2.75) is 0 Å². The zero-order chi connectivity index (χ0) is 14.4. The quantitative estimate of drug-likeness (QED) is 0.874. The van der Waals surface area contributed by atoms with E-state index in [0.29, 0.717) is 12.2 Å². The number of rotatable bonds is 6. The Kier molecular flexibility index (Phi) is 4.82. The molecule has 0 aromatic heterocycles. The van der Waals surface area contributed by atoms with Crippen LogP contribution in [0.5, 0.6) is 5.75 Å². The van der Waals surface area contributed by atoms with Crippen molar-refractivity contribution in [3.8, 4) is 5.75 Å². The fraction of sp³-hybridized carbons (Fsp3) is 0.250. The summed E-state index contributed by atoms with van der Waals surface area (Å²) in [6.45, 7) is 1.43. The molecule has 2 rings (SSSR count). The van der Waals surface area contributed by atoms with Crippen LogP contribution in [0.4, 0.5) is 15.8 Å². The molecule has 0 radical (unpaired) electrons. The summed E-state index contributed by atoms with van der Waals surface area (Å²) in [5.74, 6) is 0.605. The van der Waals surface area contributed by atoms with Crippen LogP contribution in [0.1, 0.15) is 0 Å². The molecule has 0 heterocycles. The molecule has 0 bridgehead atoms. The molecular weight excluding hydrogens is 255 g/mol. The van der Waals surface area contributed by atoms with Crippen LogP contribution in [0, 0.1) is 5.82 Å². The monoisotopic (exact) mass is 274 g/mol. The van der Waals surface area contributed by atoms with E-state index in [1.54, 1.807) is 19.2 Å². The first-order valence-corrected chi connectivity index (χ1v) is 6.54. The van der Waals surface area contributed by atoms with Crippen LogP contribution in [0.2, 0.25) is 0 Å². The number of ether oxygens (including phenoxy) is 1. The van der Waals surface area contributed by atoms with Crippen LogP contribution in [-0.4, -0.2) is 27.2 Å². The third-order valence-corrected chi connectivity index (χ3v) is 3.13. The van der Waals surface area contributed by atoms with Crippen LogP contribution >= 0.6 is 0 Å². The third-order valence-electron chi connectivity index (χ3n) is 3.13. The highest BCUT2D eigenvalue weighted by molar-refractivity contribution is 5.50. The SMILES string of the molecule is COc1cccc(N(C)CCNc2ccccc2F)c1. The number of para-hydroxylation sites is 1. The average molecular weight is 274 g/mol. The van der Waals surface area contributed by atoms with Gasteiger partial charge in [-0.1, -0.05) is 18.2 Å². The summed E-state index contributed by atoms with van der Waals surface area (Å²) < 4.78 is 18.6. The summed E-state index contributed by atoms with van der Waals surface area (Å²) in [7, 11) is 3.65. The summed E-state index contributed by atoms with van der Waals surface area (Å²) >= 11 is 0. The summed E-state index contributed by atoms with van der Waals surface area (Å²) in [6, 6.07) is 14.5. The maximum absolute atomic E-state index is 13.4.